The minimum atomic E-state index is 0.0660. The summed E-state index contributed by atoms with van der Waals surface area (Å²) in [7, 11) is 0. The van der Waals surface area contributed by atoms with E-state index in [4.69, 9.17) is 0 Å². The number of carbonyl (C=O) groups is 1. The highest BCUT2D eigenvalue weighted by Crippen LogP contribution is 2.39. The molecular weight excluding hydrogens is 302 g/mol. The van der Waals surface area contributed by atoms with Crippen molar-refractivity contribution in [2.75, 3.05) is 13.1 Å². The molecule has 2 aliphatic rings. The summed E-state index contributed by atoms with van der Waals surface area (Å²) in [5, 5.41) is 9.64. The lowest BCUT2D eigenvalue weighted by Crippen LogP contribution is -2.29. The van der Waals surface area contributed by atoms with E-state index in [2.05, 4.69) is 21.5 Å². The summed E-state index contributed by atoms with van der Waals surface area (Å²) in [5.41, 5.74) is 2.77. The molecule has 0 bridgehead atoms. The van der Waals surface area contributed by atoms with Gasteiger partial charge in [0.15, 0.2) is 0 Å². The number of likely N-dealkylation sites (tertiary alicyclic amines) is 1. The molecule has 5 rings (SSSR count). The summed E-state index contributed by atoms with van der Waals surface area (Å²) in [6.45, 7) is 1.46. The fraction of sp³-hybridized carbons (Fsp3) is 0.389. The molecule has 1 amide bonds. The van der Waals surface area contributed by atoms with Crippen molar-refractivity contribution in [2.24, 2.45) is 0 Å². The van der Waals surface area contributed by atoms with Crippen LogP contribution in [0, 0.1) is 0 Å². The zero-order valence-electron chi connectivity index (χ0n) is 13.4. The van der Waals surface area contributed by atoms with Crippen molar-refractivity contribution in [3.8, 4) is 0 Å². The summed E-state index contributed by atoms with van der Waals surface area (Å²) >= 11 is 0. The number of aromatic nitrogens is 4. The van der Waals surface area contributed by atoms with E-state index in [9.17, 15) is 4.79 Å². The standard InChI is InChI=1S/C18H19N5O/c24-18(16-9-13-3-1-2-4-15(13)19-16)22-8-7-14(10-22)23-11-17(20-21-23)12-5-6-12/h1-4,9,11-12,14,19H,5-8,10H2. The molecule has 24 heavy (non-hydrogen) atoms. The van der Waals surface area contributed by atoms with Crippen LogP contribution in [0.5, 0.6) is 0 Å². The molecule has 1 unspecified atom stereocenters. The average molecular weight is 321 g/mol. The van der Waals surface area contributed by atoms with Crippen LogP contribution in [0.2, 0.25) is 0 Å². The molecule has 1 aromatic carbocycles. The Morgan fingerprint density at radius 2 is 2.08 bits per heavy atom. The second-order valence-electron chi connectivity index (χ2n) is 6.86. The molecule has 3 heterocycles. The lowest BCUT2D eigenvalue weighted by atomic mass is 10.2. The monoisotopic (exact) mass is 321 g/mol. The number of para-hydroxylation sites is 1. The Bertz CT molecular complexity index is 874. The van der Waals surface area contributed by atoms with E-state index in [1.54, 1.807) is 0 Å². The third kappa shape index (κ3) is 2.29. The van der Waals surface area contributed by atoms with Crippen LogP contribution < -0.4 is 0 Å². The third-order valence-electron chi connectivity index (χ3n) is 5.11. The molecule has 6 heteroatoms. The van der Waals surface area contributed by atoms with Crippen LogP contribution >= 0.6 is 0 Å². The van der Waals surface area contributed by atoms with Gasteiger partial charge in [0.25, 0.3) is 5.91 Å². The molecular formula is C18H19N5O. The van der Waals surface area contributed by atoms with Crippen molar-refractivity contribution in [1.82, 2.24) is 24.9 Å². The smallest absolute Gasteiger partial charge is 0.270 e. The molecule has 6 nitrogen and oxygen atoms in total. The SMILES string of the molecule is O=C(c1cc2ccccc2[nH]1)N1CCC(n2cc(C3CC3)nn2)C1. The predicted molar refractivity (Wildman–Crippen MR) is 89.9 cm³/mol. The Balaban J connectivity index is 1.33. The first-order valence-electron chi connectivity index (χ1n) is 8.57. The number of nitrogens with zero attached hydrogens (tertiary/aromatic N) is 4. The van der Waals surface area contributed by atoms with E-state index in [0.717, 1.165) is 29.6 Å². The average Bonchev–Trinajstić information content (AvgIpc) is 3.07. The Labute approximate surface area is 139 Å². The van der Waals surface area contributed by atoms with Crippen LogP contribution in [0.1, 0.15) is 47.4 Å². The molecule has 0 radical (unpaired) electrons. The van der Waals surface area contributed by atoms with Gasteiger partial charge in [-0.15, -0.1) is 5.10 Å². The molecule has 2 aromatic heterocycles. The molecule has 2 fully saturated rings. The third-order valence-corrected chi connectivity index (χ3v) is 5.11. The van der Waals surface area contributed by atoms with E-state index in [1.165, 1.54) is 12.8 Å². The van der Waals surface area contributed by atoms with Gasteiger partial charge in [0.2, 0.25) is 0 Å². The Hall–Kier alpha value is -2.63. The van der Waals surface area contributed by atoms with Crippen LogP contribution in [0.4, 0.5) is 0 Å². The van der Waals surface area contributed by atoms with E-state index in [1.807, 2.05) is 39.9 Å². The maximum Gasteiger partial charge on any atom is 0.270 e. The lowest BCUT2D eigenvalue weighted by molar-refractivity contribution is 0.0782. The minimum Gasteiger partial charge on any atom is -0.351 e. The van der Waals surface area contributed by atoms with Crippen LogP contribution in [-0.2, 0) is 0 Å². The molecule has 1 saturated heterocycles. The Morgan fingerprint density at radius 3 is 2.92 bits per heavy atom. The van der Waals surface area contributed by atoms with Crippen LogP contribution in [0.15, 0.2) is 36.5 Å². The highest BCUT2D eigenvalue weighted by Gasteiger charge is 2.31. The number of amides is 1. The van der Waals surface area contributed by atoms with Gasteiger partial charge in [-0.1, -0.05) is 23.4 Å². The fourth-order valence-electron chi connectivity index (χ4n) is 3.54. The number of H-pyrrole nitrogens is 1. The molecule has 1 N–H and O–H groups in total. The summed E-state index contributed by atoms with van der Waals surface area (Å²) in [6, 6.07) is 10.1. The lowest BCUT2D eigenvalue weighted by Gasteiger charge is -2.15. The molecule has 3 aromatic rings. The number of fused-ring (bicyclic) bond motifs is 1. The maximum atomic E-state index is 12.8. The molecule has 122 valence electrons. The molecule has 1 aliphatic heterocycles. The van der Waals surface area contributed by atoms with Crippen LogP contribution in [0.25, 0.3) is 10.9 Å². The largest absolute Gasteiger partial charge is 0.351 e. The maximum absolute atomic E-state index is 12.8. The van der Waals surface area contributed by atoms with Gasteiger partial charge in [0.1, 0.15) is 5.69 Å². The normalized spacial score (nSPS) is 20.8. The summed E-state index contributed by atoms with van der Waals surface area (Å²) in [5.74, 6) is 0.681. The first-order chi connectivity index (χ1) is 11.8. The van der Waals surface area contributed by atoms with Crippen molar-refractivity contribution in [3.63, 3.8) is 0 Å². The zero-order chi connectivity index (χ0) is 16.1. The minimum absolute atomic E-state index is 0.0660. The van der Waals surface area contributed by atoms with Gasteiger partial charge < -0.3 is 9.88 Å². The molecule has 1 saturated carbocycles. The predicted octanol–water partition coefficient (Wildman–Crippen LogP) is 2.72. The first-order valence-corrected chi connectivity index (χ1v) is 8.57. The fourth-order valence-corrected chi connectivity index (χ4v) is 3.54. The van der Waals surface area contributed by atoms with E-state index < -0.39 is 0 Å². The summed E-state index contributed by atoms with van der Waals surface area (Å²) in [4.78, 5) is 17.9. The summed E-state index contributed by atoms with van der Waals surface area (Å²) < 4.78 is 1.95. The van der Waals surface area contributed by atoms with Crippen LogP contribution in [-0.4, -0.2) is 43.9 Å². The van der Waals surface area contributed by atoms with Crippen molar-refractivity contribution >= 4 is 16.8 Å². The van der Waals surface area contributed by atoms with Gasteiger partial charge in [-0.25, -0.2) is 4.68 Å². The van der Waals surface area contributed by atoms with Gasteiger partial charge in [0, 0.05) is 36.1 Å². The van der Waals surface area contributed by atoms with Gasteiger partial charge in [-0.3, -0.25) is 4.79 Å². The van der Waals surface area contributed by atoms with E-state index in [-0.39, 0.29) is 11.9 Å². The number of benzene rings is 1. The highest BCUT2D eigenvalue weighted by atomic mass is 16.2. The second kappa shape index (κ2) is 5.19. The first kappa shape index (κ1) is 13.8. The zero-order valence-corrected chi connectivity index (χ0v) is 13.4. The van der Waals surface area contributed by atoms with Crippen molar-refractivity contribution in [1.29, 1.82) is 0 Å². The molecule has 1 aliphatic carbocycles. The van der Waals surface area contributed by atoms with E-state index in [0.29, 0.717) is 18.2 Å². The van der Waals surface area contributed by atoms with E-state index >= 15 is 0 Å². The molecule has 1 atom stereocenters. The Kier molecular flexibility index (Phi) is 2.98. The quantitative estimate of drug-likeness (QED) is 0.806. The van der Waals surface area contributed by atoms with Crippen molar-refractivity contribution in [3.05, 3.63) is 47.9 Å². The number of carbonyl (C=O) groups excluding carboxylic acids is 1. The number of nitrogens with one attached hydrogen (secondary N) is 1. The van der Waals surface area contributed by atoms with Gasteiger partial charge >= 0.3 is 0 Å². The van der Waals surface area contributed by atoms with Crippen molar-refractivity contribution in [2.45, 2.75) is 31.2 Å². The van der Waals surface area contributed by atoms with Gasteiger partial charge in [0.05, 0.1) is 11.7 Å². The number of hydrogen-bond acceptors (Lipinski definition) is 3. The van der Waals surface area contributed by atoms with Gasteiger partial charge in [-0.2, -0.15) is 0 Å². The number of hydrogen-bond donors (Lipinski definition) is 1. The topological polar surface area (TPSA) is 66.8 Å². The Morgan fingerprint density at radius 1 is 1.21 bits per heavy atom. The van der Waals surface area contributed by atoms with Crippen molar-refractivity contribution < 1.29 is 4.79 Å². The highest BCUT2D eigenvalue weighted by molar-refractivity contribution is 5.98. The summed E-state index contributed by atoms with van der Waals surface area (Å²) in [6.07, 6.45) is 5.46. The molecule has 0 spiro atoms. The second-order valence-corrected chi connectivity index (χ2v) is 6.86. The van der Waals surface area contributed by atoms with Crippen LogP contribution in [0.3, 0.4) is 0 Å². The number of rotatable bonds is 3. The number of aromatic amines is 1. The van der Waals surface area contributed by atoms with Gasteiger partial charge in [-0.05, 0) is 31.4 Å².